The van der Waals surface area contributed by atoms with Crippen molar-refractivity contribution in [3.8, 4) is 17.4 Å². The van der Waals surface area contributed by atoms with Crippen molar-refractivity contribution in [2.75, 3.05) is 7.11 Å². The van der Waals surface area contributed by atoms with Crippen molar-refractivity contribution in [1.82, 2.24) is 4.98 Å². The SMILES string of the molecule is COc1cccc(/C=C/c2cc(OCc3ccccc3)c(C(C)C)c(OCc3ccccc3)c2)n1. The summed E-state index contributed by atoms with van der Waals surface area (Å²) in [6.45, 7) is 5.30. The number of methoxy groups -OCH3 is 1. The fraction of sp³-hybridized carbons (Fsp3) is 0.194. The third kappa shape index (κ3) is 6.73. The van der Waals surface area contributed by atoms with Gasteiger partial charge in [-0.15, -0.1) is 0 Å². The van der Waals surface area contributed by atoms with Crippen LogP contribution in [0.2, 0.25) is 0 Å². The molecule has 4 rings (SSSR count). The van der Waals surface area contributed by atoms with Crippen LogP contribution in [0, 0.1) is 0 Å². The van der Waals surface area contributed by atoms with Gasteiger partial charge in [0.25, 0.3) is 0 Å². The van der Waals surface area contributed by atoms with Gasteiger partial charge >= 0.3 is 0 Å². The Morgan fingerprint density at radius 3 is 1.80 bits per heavy atom. The van der Waals surface area contributed by atoms with Crippen LogP contribution in [0.25, 0.3) is 12.2 Å². The average molecular weight is 466 g/mol. The van der Waals surface area contributed by atoms with E-state index >= 15 is 0 Å². The minimum atomic E-state index is 0.227. The predicted octanol–water partition coefficient (Wildman–Crippen LogP) is 7.54. The quantitative estimate of drug-likeness (QED) is 0.242. The molecule has 0 saturated carbocycles. The van der Waals surface area contributed by atoms with Crippen LogP contribution in [0.4, 0.5) is 0 Å². The van der Waals surface area contributed by atoms with Crippen molar-refractivity contribution in [3.05, 3.63) is 119 Å². The van der Waals surface area contributed by atoms with E-state index in [1.54, 1.807) is 7.11 Å². The van der Waals surface area contributed by atoms with Crippen molar-refractivity contribution < 1.29 is 14.2 Å². The zero-order valence-electron chi connectivity index (χ0n) is 20.5. The molecule has 0 bridgehead atoms. The Hall–Kier alpha value is -4.05. The molecule has 0 aliphatic rings. The zero-order chi connectivity index (χ0) is 24.5. The molecule has 0 amide bonds. The number of aromatic nitrogens is 1. The Bertz CT molecular complexity index is 1190. The van der Waals surface area contributed by atoms with E-state index in [0.717, 1.165) is 39.4 Å². The normalized spacial score (nSPS) is 11.1. The molecule has 0 fully saturated rings. The van der Waals surface area contributed by atoms with Gasteiger partial charge in [-0.05, 0) is 46.9 Å². The average Bonchev–Trinajstić information content (AvgIpc) is 2.90. The van der Waals surface area contributed by atoms with Gasteiger partial charge in [-0.2, -0.15) is 0 Å². The lowest BCUT2D eigenvalue weighted by Crippen LogP contribution is -2.05. The van der Waals surface area contributed by atoms with Gasteiger partial charge in [0.05, 0.1) is 12.8 Å². The summed E-state index contributed by atoms with van der Waals surface area (Å²) in [6.07, 6.45) is 3.99. The molecule has 178 valence electrons. The van der Waals surface area contributed by atoms with Gasteiger partial charge in [-0.1, -0.05) is 86.7 Å². The standard InChI is InChI=1S/C31H31NO3/c1-23(2)31-28(34-21-24-11-6-4-7-12-24)19-26(17-18-27-15-10-16-30(32-27)33-3)20-29(31)35-22-25-13-8-5-9-14-25/h4-20,23H,21-22H2,1-3H3/b18-17+. The highest BCUT2D eigenvalue weighted by Gasteiger charge is 2.17. The fourth-order valence-corrected chi connectivity index (χ4v) is 3.81. The molecule has 0 spiro atoms. The molecule has 1 aromatic heterocycles. The second-order valence-electron chi connectivity index (χ2n) is 8.57. The highest BCUT2D eigenvalue weighted by Crippen LogP contribution is 2.38. The van der Waals surface area contributed by atoms with E-state index in [2.05, 4.69) is 55.2 Å². The van der Waals surface area contributed by atoms with Crippen molar-refractivity contribution in [3.63, 3.8) is 0 Å². The lowest BCUT2D eigenvalue weighted by Gasteiger charge is -2.20. The van der Waals surface area contributed by atoms with Crippen LogP contribution in [-0.4, -0.2) is 12.1 Å². The molecular weight excluding hydrogens is 434 g/mol. The maximum atomic E-state index is 6.36. The minimum absolute atomic E-state index is 0.227. The third-order valence-corrected chi connectivity index (χ3v) is 5.58. The summed E-state index contributed by atoms with van der Waals surface area (Å²) >= 11 is 0. The Morgan fingerprint density at radius 2 is 1.29 bits per heavy atom. The van der Waals surface area contributed by atoms with Crippen molar-refractivity contribution in [2.45, 2.75) is 33.0 Å². The van der Waals surface area contributed by atoms with Crippen LogP contribution in [0.15, 0.2) is 91.0 Å². The smallest absolute Gasteiger partial charge is 0.213 e. The molecule has 4 nitrogen and oxygen atoms in total. The van der Waals surface area contributed by atoms with Crippen molar-refractivity contribution in [1.29, 1.82) is 0 Å². The first kappa shape index (κ1) is 24.1. The van der Waals surface area contributed by atoms with Gasteiger partial charge < -0.3 is 14.2 Å². The molecule has 0 unspecified atom stereocenters. The first-order chi connectivity index (χ1) is 17.1. The van der Waals surface area contributed by atoms with Gasteiger partial charge in [0.15, 0.2) is 0 Å². The molecule has 4 aromatic rings. The predicted molar refractivity (Wildman–Crippen MR) is 142 cm³/mol. The van der Waals surface area contributed by atoms with Crippen LogP contribution in [0.3, 0.4) is 0 Å². The molecule has 4 heteroatoms. The third-order valence-electron chi connectivity index (χ3n) is 5.58. The topological polar surface area (TPSA) is 40.6 Å². The minimum Gasteiger partial charge on any atom is -0.488 e. The van der Waals surface area contributed by atoms with E-state index in [1.165, 1.54) is 0 Å². The number of hydrogen-bond acceptors (Lipinski definition) is 4. The summed E-state index contributed by atoms with van der Waals surface area (Å²) in [5.41, 5.74) is 5.10. The molecule has 0 radical (unpaired) electrons. The van der Waals surface area contributed by atoms with E-state index < -0.39 is 0 Å². The lowest BCUT2D eigenvalue weighted by molar-refractivity contribution is 0.282. The summed E-state index contributed by atoms with van der Waals surface area (Å²) in [5.74, 6) is 2.46. The van der Waals surface area contributed by atoms with Crippen LogP contribution < -0.4 is 14.2 Å². The van der Waals surface area contributed by atoms with E-state index in [0.29, 0.717) is 19.1 Å². The van der Waals surface area contributed by atoms with Crippen LogP contribution >= 0.6 is 0 Å². The van der Waals surface area contributed by atoms with Gasteiger partial charge in [0, 0.05) is 11.6 Å². The number of ether oxygens (including phenoxy) is 3. The van der Waals surface area contributed by atoms with Crippen LogP contribution in [0.5, 0.6) is 17.4 Å². The molecule has 0 aliphatic heterocycles. The molecule has 0 saturated heterocycles. The second kappa shape index (κ2) is 11.9. The summed E-state index contributed by atoms with van der Waals surface area (Å²) < 4.78 is 18.0. The van der Waals surface area contributed by atoms with Crippen LogP contribution in [0.1, 0.15) is 47.7 Å². The highest BCUT2D eigenvalue weighted by atomic mass is 16.5. The molecular formula is C31H31NO3. The molecule has 1 heterocycles. The Morgan fingerprint density at radius 1 is 0.714 bits per heavy atom. The molecule has 0 atom stereocenters. The number of benzene rings is 3. The first-order valence-electron chi connectivity index (χ1n) is 11.8. The molecule has 0 N–H and O–H groups in total. The van der Waals surface area contributed by atoms with E-state index in [1.807, 2.05) is 66.7 Å². The van der Waals surface area contributed by atoms with Gasteiger partial charge in [0.1, 0.15) is 24.7 Å². The molecule has 35 heavy (non-hydrogen) atoms. The van der Waals surface area contributed by atoms with Gasteiger partial charge in [-0.25, -0.2) is 4.98 Å². The Kier molecular flexibility index (Phi) is 8.18. The Labute approximate surface area is 207 Å². The Balaban J connectivity index is 1.67. The number of nitrogens with zero attached hydrogens (tertiary/aromatic N) is 1. The number of hydrogen-bond donors (Lipinski definition) is 0. The van der Waals surface area contributed by atoms with E-state index in [9.17, 15) is 0 Å². The van der Waals surface area contributed by atoms with E-state index in [-0.39, 0.29) is 5.92 Å². The van der Waals surface area contributed by atoms with Gasteiger partial charge in [-0.3, -0.25) is 0 Å². The first-order valence-corrected chi connectivity index (χ1v) is 11.8. The van der Waals surface area contributed by atoms with Crippen LogP contribution in [-0.2, 0) is 13.2 Å². The summed E-state index contributed by atoms with van der Waals surface area (Å²) in [6, 6.07) is 30.3. The highest BCUT2D eigenvalue weighted by molar-refractivity contribution is 5.71. The summed E-state index contributed by atoms with van der Waals surface area (Å²) in [4.78, 5) is 4.48. The second-order valence-corrected chi connectivity index (χ2v) is 8.57. The maximum absolute atomic E-state index is 6.36. The number of pyridine rings is 1. The fourth-order valence-electron chi connectivity index (χ4n) is 3.81. The summed E-state index contributed by atoms with van der Waals surface area (Å²) in [5, 5.41) is 0. The van der Waals surface area contributed by atoms with Crippen molar-refractivity contribution in [2.24, 2.45) is 0 Å². The van der Waals surface area contributed by atoms with Crippen molar-refractivity contribution >= 4 is 12.2 Å². The van der Waals surface area contributed by atoms with E-state index in [4.69, 9.17) is 14.2 Å². The monoisotopic (exact) mass is 465 g/mol. The largest absolute Gasteiger partial charge is 0.488 e. The molecule has 3 aromatic carbocycles. The maximum Gasteiger partial charge on any atom is 0.213 e. The molecule has 0 aliphatic carbocycles. The number of rotatable bonds is 10. The zero-order valence-corrected chi connectivity index (χ0v) is 20.5. The summed E-state index contributed by atoms with van der Waals surface area (Å²) in [7, 11) is 1.62. The van der Waals surface area contributed by atoms with Gasteiger partial charge in [0.2, 0.25) is 5.88 Å². The lowest BCUT2D eigenvalue weighted by atomic mass is 9.98.